The normalized spacial score (nSPS) is 9.95. The molecule has 0 aliphatic heterocycles. The van der Waals surface area contributed by atoms with Crippen molar-refractivity contribution in [3.8, 4) is 0 Å². The van der Waals surface area contributed by atoms with Crippen LogP contribution < -0.4 is 5.32 Å². The summed E-state index contributed by atoms with van der Waals surface area (Å²) in [6.07, 6.45) is 0. The number of para-hydroxylation sites is 1. The summed E-state index contributed by atoms with van der Waals surface area (Å²) in [6.45, 7) is 0. The molecular formula is C12H10N2O4S. The topological polar surface area (TPSA) is 88.5 Å². The quantitative estimate of drug-likeness (QED) is 0.835. The number of anilines is 2. The van der Waals surface area contributed by atoms with Gasteiger partial charge in [-0.15, -0.1) is 11.3 Å². The first-order valence-electron chi connectivity index (χ1n) is 5.24. The zero-order valence-electron chi connectivity index (χ0n) is 9.91. The van der Waals surface area contributed by atoms with Crippen molar-refractivity contribution < 1.29 is 19.4 Å². The molecule has 0 atom stereocenters. The Labute approximate surface area is 112 Å². The van der Waals surface area contributed by atoms with Crippen molar-refractivity contribution in [2.24, 2.45) is 0 Å². The van der Waals surface area contributed by atoms with Gasteiger partial charge in [0, 0.05) is 0 Å². The maximum Gasteiger partial charge on any atom is 0.357 e. The van der Waals surface area contributed by atoms with E-state index >= 15 is 0 Å². The minimum atomic E-state index is -1.13. The Balaban J connectivity index is 2.36. The third-order valence-electron chi connectivity index (χ3n) is 2.35. The number of nitrogens with one attached hydrogen (secondary N) is 1. The number of nitrogens with zero attached hydrogens (tertiary/aromatic N) is 1. The van der Waals surface area contributed by atoms with E-state index in [0.717, 1.165) is 11.3 Å². The number of hydrogen-bond donors (Lipinski definition) is 2. The van der Waals surface area contributed by atoms with Crippen molar-refractivity contribution in [3.05, 3.63) is 41.0 Å². The number of methoxy groups -OCH3 is 1. The molecule has 2 N–H and O–H groups in total. The number of carboxylic acid groups (broad SMARTS) is 1. The molecule has 0 bridgehead atoms. The van der Waals surface area contributed by atoms with Crippen LogP contribution in [0.15, 0.2) is 29.8 Å². The maximum atomic E-state index is 11.6. The second kappa shape index (κ2) is 5.49. The first-order chi connectivity index (χ1) is 9.13. The lowest BCUT2D eigenvalue weighted by atomic mass is 10.2. The maximum absolute atomic E-state index is 11.6. The molecule has 0 saturated heterocycles. The molecule has 0 amide bonds. The molecule has 0 spiro atoms. The molecule has 0 saturated carbocycles. The zero-order chi connectivity index (χ0) is 13.8. The number of aromatic carboxylic acids is 1. The van der Waals surface area contributed by atoms with Crippen LogP contribution in [0.3, 0.4) is 0 Å². The third-order valence-corrected chi connectivity index (χ3v) is 3.09. The van der Waals surface area contributed by atoms with Crippen LogP contribution in [0.5, 0.6) is 0 Å². The van der Waals surface area contributed by atoms with Gasteiger partial charge in [0.2, 0.25) is 0 Å². The number of hydrogen-bond acceptors (Lipinski definition) is 6. The molecule has 0 aliphatic rings. The number of thiazole rings is 1. The molecule has 7 heteroatoms. The van der Waals surface area contributed by atoms with E-state index in [2.05, 4.69) is 15.0 Å². The monoisotopic (exact) mass is 278 g/mol. The molecule has 2 aromatic rings. The van der Waals surface area contributed by atoms with Crippen LogP contribution in [0.1, 0.15) is 20.8 Å². The summed E-state index contributed by atoms with van der Waals surface area (Å²) in [4.78, 5) is 26.3. The average molecular weight is 278 g/mol. The number of carbonyl (C=O) groups is 2. The molecule has 0 fully saturated rings. The summed E-state index contributed by atoms with van der Waals surface area (Å²) in [6, 6.07) is 6.69. The van der Waals surface area contributed by atoms with Crippen LogP contribution in [0.4, 0.5) is 10.7 Å². The van der Waals surface area contributed by atoms with E-state index < -0.39 is 11.9 Å². The molecule has 0 aliphatic carbocycles. The average Bonchev–Trinajstić information content (AvgIpc) is 2.87. The van der Waals surface area contributed by atoms with E-state index in [4.69, 9.17) is 5.11 Å². The smallest absolute Gasteiger partial charge is 0.357 e. The van der Waals surface area contributed by atoms with Gasteiger partial charge in [-0.1, -0.05) is 12.1 Å². The van der Waals surface area contributed by atoms with Gasteiger partial charge in [0.25, 0.3) is 0 Å². The minimum absolute atomic E-state index is 0.0790. The number of benzene rings is 1. The molecule has 2 rings (SSSR count). The van der Waals surface area contributed by atoms with Crippen LogP contribution in [0, 0.1) is 0 Å². The zero-order valence-corrected chi connectivity index (χ0v) is 10.7. The Morgan fingerprint density at radius 1 is 1.37 bits per heavy atom. The highest BCUT2D eigenvalue weighted by atomic mass is 32.1. The van der Waals surface area contributed by atoms with E-state index in [1.165, 1.54) is 12.6 Å². The minimum Gasteiger partial charge on any atom is -0.476 e. The van der Waals surface area contributed by atoms with Crippen molar-refractivity contribution in [1.82, 2.24) is 4.98 Å². The number of ether oxygens (including phenoxy) is 1. The lowest BCUT2D eigenvalue weighted by Gasteiger charge is -2.09. The van der Waals surface area contributed by atoms with Gasteiger partial charge in [-0.3, -0.25) is 0 Å². The van der Waals surface area contributed by atoms with Gasteiger partial charge in [-0.25, -0.2) is 14.6 Å². The van der Waals surface area contributed by atoms with E-state index in [0.29, 0.717) is 16.3 Å². The predicted octanol–water partition coefficient (Wildman–Crippen LogP) is 2.37. The van der Waals surface area contributed by atoms with Crippen molar-refractivity contribution in [2.75, 3.05) is 12.4 Å². The van der Waals surface area contributed by atoms with Gasteiger partial charge in [-0.05, 0) is 12.1 Å². The second-order valence-corrected chi connectivity index (χ2v) is 4.35. The van der Waals surface area contributed by atoms with E-state index in [9.17, 15) is 9.59 Å². The summed E-state index contributed by atoms with van der Waals surface area (Å²) in [5, 5.41) is 12.2. The van der Waals surface area contributed by atoms with Crippen molar-refractivity contribution in [3.63, 3.8) is 0 Å². The van der Waals surface area contributed by atoms with Crippen LogP contribution >= 0.6 is 11.3 Å². The van der Waals surface area contributed by atoms with Gasteiger partial charge < -0.3 is 15.2 Å². The Hall–Kier alpha value is -2.41. The van der Waals surface area contributed by atoms with Crippen molar-refractivity contribution in [2.45, 2.75) is 0 Å². The molecule has 19 heavy (non-hydrogen) atoms. The first kappa shape index (κ1) is 13.0. The fourth-order valence-electron chi connectivity index (χ4n) is 1.49. The first-order valence-corrected chi connectivity index (χ1v) is 6.12. The largest absolute Gasteiger partial charge is 0.476 e. The third kappa shape index (κ3) is 2.71. The Kier molecular flexibility index (Phi) is 3.76. The number of rotatable bonds is 4. The van der Waals surface area contributed by atoms with Gasteiger partial charge in [0.15, 0.2) is 5.69 Å². The predicted molar refractivity (Wildman–Crippen MR) is 70.1 cm³/mol. The highest BCUT2D eigenvalue weighted by Crippen LogP contribution is 2.27. The lowest BCUT2D eigenvalue weighted by Crippen LogP contribution is -2.07. The van der Waals surface area contributed by atoms with Crippen LogP contribution in [0.25, 0.3) is 0 Å². The SMILES string of the molecule is COC(=O)c1ccccc1Nc1scnc1C(=O)O. The molecule has 98 valence electrons. The van der Waals surface area contributed by atoms with Gasteiger partial charge in [-0.2, -0.15) is 0 Å². The van der Waals surface area contributed by atoms with E-state index in [1.54, 1.807) is 24.3 Å². The van der Waals surface area contributed by atoms with Gasteiger partial charge >= 0.3 is 11.9 Å². The van der Waals surface area contributed by atoms with Crippen LogP contribution in [0.2, 0.25) is 0 Å². The highest BCUT2D eigenvalue weighted by molar-refractivity contribution is 7.14. The lowest BCUT2D eigenvalue weighted by molar-refractivity contribution is 0.0601. The van der Waals surface area contributed by atoms with E-state index in [1.807, 2.05) is 0 Å². The molecule has 6 nitrogen and oxygen atoms in total. The number of esters is 1. The highest BCUT2D eigenvalue weighted by Gasteiger charge is 2.16. The van der Waals surface area contributed by atoms with Crippen molar-refractivity contribution >= 4 is 34.0 Å². The van der Waals surface area contributed by atoms with Gasteiger partial charge in [0.1, 0.15) is 5.00 Å². The van der Waals surface area contributed by atoms with Crippen LogP contribution in [-0.2, 0) is 4.74 Å². The Morgan fingerprint density at radius 2 is 2.11 bits per heavy atom. The second-order valence-electron chi connectivity index (χ2n) is 3.50. The fraction of sp³-hybridized carbons (Fsp3) is 0.0833. The summed E-state index contributed by atoms with van der Waals surface area (Å²) >= 11 is 1.15. The molecule has 0 unspecified atom stereocenters. The molecule has 1 aromatic carbocycles. The van der Waals surface area contributed by atoms with E-state index in [-0.39, 0.29) is 5.69 Å². The molecule has 1 heterocycles. The molecule has 1 aromatic heterocycles. The summed E-state index contributed by atoms with van der Waals surface area (Å²) in [5.41, 5.74) is 2.15. The molecule has 0 radical (unpaired) electrons. The summed E-state index contributed by atoms with van der Waals surface area (Å²) in [5.74, 6) is -1.62. The Bertz CT molecular complexity index is 624. The van der Waals surface area contributed by atoms with Crippen molar-refractivity contribution in [1.29, 1.82) is 0 Å². The summed E-state index contributed by atoms with van der Waals surface area (Å²) < 4.78 is 4.67. The fourth-order valence-corrected chi connectivity index (χ4v) is 2.17. The Morgan fingerprint density at radius 3 is 2.79 bits per heavy atom. The van der Waals surface area contributed by atoms with Crippen LogP contribution in [-0.4, -0.2) is 29.1 Å². The number of aromatic nitrogens is 1. The number of carboxylic acids is 1. The number of carbonyl (C=O) groups excluding carboxylic acids is 1. The van der Waals surface area contributed by atoms with Gasteiger partial charge in [0.05, 0.1) is 23.9 Å². The molecular weight excluding hydrogens is 268 g/mol. The summed E-state index contributed by atoms with van der Waals surface area (Å²) in [7, 11) is 1.29. The standard InChI is InChI=1S/C12H10N2O4S/c1-18-12(17)7-4-2-3-5-8(7)14-10-9(11(15)16)13-6-19-10/h2-6,14H,1H3,(H,15,16).